The van der Waals surface area contributed by atoms with Gasteiger partial charge in [-0.25, -0.2) is 13.2 Å². The molecule has 1 saturated heterocycles. The van der Waals surface area contributed by atoms with E-state index >= 15 is 0 Å². The van der Waals surface area contributed by atoms with Gasteiger partial charge >= 0.3 is 5.97 Å². The molecule has 0 bridgehead atoms. The normalized spacial score (nSPS) is 20.9. The summed E-state index contributed by atoms with van der Waals surface area (Å²) < 4.78 is 26.2. The van der Waals surface area contributed by atoms with Crippen LogP contribution in [0.4, 0.5) is 0 Å². The van der Waals surface area contributed by atoms with Crippen LogP contribution in [0.2, 0.25) is 0 Å². The van der Waals surface area contributed by atoms with Gasteiger partial charge in [0.1, 0.15) is 0 Å². The molecule has 6 heteroatoms. The maximum Gasteiger partial charge on any atom is 0.328 e. The van der Waals surface area contributed by atoms with Crippen molar-refractivity contribution in [2.75, 3.05) is 6.54 Å². The van der Waals surface area contributed by atoms with Gasteiger partial charge in [-0.3, -0.25) is 0 Å². The van der Waals surface area contributed by atoms with Crippen LogP contribution in [-0.4, -0.2) is 36.4 Å². The SMILES string of the molecule is O=C(O)/C=C/[C@@H]1CCCN1S(=O)(=O)c1ccccc1. The lowest BCUT2D eigenvalue weighted by molar-refractivity contribution is -0.131. The molecule has 0 aromatic heterocycles. The number of nitrogens with zero attached hydrogens (tertiary/aromatic N) is 1. The highest BCUT2D eigenvalue weighted by atomic mass is 32.2. The number of aliphatic carboxylic acids is 1. The van der Waals surface area contributed by atoms with Crippen molar-refractivity contribution in [2.45, 2.75) is 23.8 Å². The highest BCUT2D eigenvalue weighted by molar-refractivity contribution is 7.89. The molecule has 1 aromatic carbocycles. The minimum Gasteiger partial charge on any atom is -0.478 e. The number of carboxylic acids is 1. The molecule has 1 fully saturated rings. The molecule has 102 valence electrons. The Balaban J connectivity index is 2.27. The summed E-state index contributed by atoms with van der Waals surface area (Å²) in [7, 11) is -3.55. The Hall–Kier alpha value is -1.66. The zero-order valence-electron chi connectivity index (χ0n) is 10.3. The summed E-state index contributed by atoms with van der Waals surface area (Å²) in [5.74, 6) is -1.07. The molecule has 1 N–H and O–H groups in total. The average Bonchev–Trinajstić information content (AvgIpc) is 2.86. The van der Waals surface area contributed by atoms with Crippen LogP contribution in [0.25, 0.3) is 0 Å². The van der Waals surface area contributed by atoms with Gasteiger partial charge in [-0.15, -0.1) is 0 Å². The van der Waals surface area contributed by atoms with Crippen LogP contribution in [0.15, 0.2) is 47.4 Å². The van der Waals surface area contributed by atoms with Gasteiger partial charge in [0.25, 0.3) is 0 Å². The Labute approximate surface area is 112 Å². The Morgan fingerprint density at radius 1 is 1.32 bits per heavy atom. The predicted molar refractivity (Wildman–Crippen MR) is 70.1 cm³/mol. The maximum atomic E-state index is 12.4. The molecular formula is C13H15NO4S. The Bertz CT molecular complexity index is 580. The Kier molecular flexibility index (Phi) is 4.01. The zero-order valence-corrected chi connectivity index (χ0v) is 11.1. The summed E-state index contributed by atoms with van der Waals surface area (Å²) in [6.07, 6.45) is 3.83. The quantitative estimate of drug-likeness (QED) is 0.848. The second-order valence-electron chi connectivity index (χ2n) is 4.34. The van der Waals surface area contributed by atoms with Crippen molar-refractivity contribution in [1.29, 1.82) is 0 Å². The van der Waals surface area contributed by atoms with Gasteiger partial charge in [0.15, 0.2) is 0 Å². The van der Waals surface area contributed by atoms with E-state index < -0.39 is 16.0 Å². The molecule has 1 atom stereocenters. The highest BCUT2D eigenvalue weighted by Crippen LogP contribution is 2.26. The van der Waals surface area contributed by atoms with Gasteiger partial charge in [0.2, 0.25) is 10.0 Å². The first-order valence-corrected chi connectivity index (χ1v) is 7.44. The summed E-state index contributed by atoms with van der Waals surface area (Å²) in [6, 6.07) is 7.82. The molecule has 1 heterocycles. The number of rotatable bonds is 4. The van der Waals surface area contributed by atoms with Crippen molar-refractivity contribution in [2.24, 2.45) is 0 Å². The smallest absolute Gasteiger partial charge is 0.328 e. The van der Waals surface area contributed by atoms with Crippen LogP contribution in [-0.2, 0) is 14.8 Å². The molecule has 0 unspecified atom stereocenters. The number of sulfonamides is 1. The van der Waals surface area contributed by atoms with Crippen LogP contribution in [0.1, 0.15) is 12.8 Å². The minimum atomic E-state index is -3.55. The lowest BCUT2D eigenvalue weighted by Crippen LogP contribution is -2.34. The van der Waals surface area contributed by atoms with E-state index in [4.69, 9.17) is 5.11 Å². The summed E-state index contributed by atoms with van der Waals surface area (Å²) in [6.45, 7) is 0.422. The van der Waals surface area contributed by atoms with Crippen molar-refractivity contribution < 1.29 is 18.3 Å². The first-order valence-electron chi connectivity index (χ1n) is 6.00. The Morgan fingerprint density at radius 3 is 2.63 bits per heavy atom. The fourth-order valence-corrected chi connectivity index (χ4v) is 3.85. The topological polar surface area (TPSA) is 74.7 Å². The second kappa shape index (κ2) is 5.54. The zero-order chi connectivity index (χ0) is 13.9. The summed E-state index contributed by atoms with van der Waals surface area (Å²) >= 11 is 0. The lowest BCUT2D eigenvalue weighted by Gasteiger charge is -2.21. The van der Waals surface area contributed by atoms with Gasteiger partial charge < -0.3 is 5.11 Å². The lowest BCUT2D eigenvalue weighted by atomic mass is 10.2. The fourth-order valence-electron chi connectivity index (χ4n) is 2.18. The Morgan fingerprint density at radius 2 is 2.00 bits per heavy atom. The molecule has 0 radical (unpaired) electrons. The van der Waals surface area contributed by atoms with Crippen molar-refractivity contribution >= 4 is 16.0 Å². The molecule has 0 spiro atoms. The molecular weight excluding hydrogens is 266 g/mol. The molecule has 5 nitrogen and oxygen atoms in total. The average molecular weight is 281 g/mol. The number of carbonyl (C=O) groups is 1. The van der Waals surface area contributed by atoms with E-state index in [1.165, 1.54) is 10.4 Å². The monoisotopic (exact) mass is 281 g/mol. The van der Waals surface area contributed by atoms with Crippen molar-refractivity contribution in [3.8, 4) is 0 Å². The minimum absolute atomic E-state index is 0.241. The first-order chi connectivity index (χ1) is 9.01. The fraction of sp³-hybridized carbons (Fsp3) is 0.308. The van der Waals surface area contributed by atoms with E-state index in [0.717, 1.165) is 12.5 Å². The number of carboxylic acid groups (broad SMARTS) is 1. The third-order valence-corrected chi connectivity index (χ3v) is 5.00. The third kappa shape index (κ3) is 3.02. The molecule has 0 aliphatic carbocycles. The van der Waals surface area contributed by atoms with Gasteiger partial charge in [0, 0.05) is 18.7 Å². The largest absolute Gasteiger partial charge is 0.478 e. The molecule has 0 saturated carbocycles. The summed E-state index contributed by atoms with van der Waals surface area (Å²) in [5, 5.41) is 8.63. The molecule has 1 aliphatic rings. The summed E-state index contributed by atoms with van der Waals surface area (Å²) in [4.78, 5) is 10.8. The number of benzene rings is 1. The van der Waals surface area contributed by atoms with Crippen LogP contribution in [0.5, 0.6) is 0 Å². The van der Waals surface area contributed by atoms with Gasteiger partial charge in [-0.05, 0) is 25.0 Å². The molecule has 2 rings (SSSR count). The summed E-state index contributed by atoms with van der Waals surface area (Å²) in [5.41, 5.74) is 0. The highest BCUT2D eigenvalue weighted by Gasteiger charge is 2.33. The van der Waals surface area contributed by atoms with Gasteiger partial charge in [0.05, 0.1) is 4.90 Å². The van der Waals surface area contributed by atoms with E-state index in [2.05, 4.69) is 0 Å². The molecule has 1 aliphatic heterocycles. The molecule has 1 aromatic rings. The van der Waals surface area contributed by atoms with Crippen molar-refractivity contribution in [3.05, 3.63) is 42.5 Å². The van der Waals surface area contributed by atoms with Gasteiger partial charge in [-0.1, -0.05) is 24.3 Å². The van der Waals surface area contributed by atoms with Crippen LogP contribution < -0.4 is 0 Å². The van der Waals surface area contributed by atoms with Crippen LogP contribution >= 0.6 is 0 Å². The first kappa shape index (κ1) is 13.8. The standard InChI is InChI=1S/C13H15NO4S/c15-13(16)9-8-11-5-4-10-14(11)19(17,18)12-6-2-1-3-7-12/h1-3,6-9,11H,4-5,10H2,(H,15,16)/b9-8+/t11-/m0/s1. The van der Waals surface area contributed by atoms with Crippen molar-refractivity contribution in [3.63, 3.8) is 0 Å². The number of hydrogen-bond donors (Lipinski definition) is 1. The van der Waals surface area contributed by atoms with Gasteiger partial charge in [-0.2, -0.15) is 4.31 Å². The van der Waals surface area contributed by atoms with E-state index in [1.54, 1.807) is 30.3 Å². The van der Waals surface area contributed by atoms with E-state index in [1.807, 2.05) is 0 Å². The van der Waals surface area contributed by atoms with E-state index in [-0.39, 0.29) is 10.9 Å². The predicted octanol–water partition coefficient (Wildman–Crippen LogP) is 1.48. The van der Waals surface area contributed by atoms with E-state index in [0.29, 0.717) is 13.0 Å². The molecule has 0 amide bonds. The third-order valence-electron chi connectivity index (χ3n) is 3.06. The molecule has 19 heavy (non-hydrogen) atoms. The van der Waals surface area contributed by atoms with E-state index in [9.17, 15) is 13.2 Å². The van der Waals surface area contributed by atoms with Crippen molar-refractivity contribution in [1.82, 2.24) is 4.31 Å². The number of hydrogen-bond acceptors (Lipinski definition) is 3. The maximum absolute atomic E-state index is 12.4. The van der Waals surface area contributed by atoms with Crippen LogP contribution in [0.3, 0.4) is 0 Å². The van der Waals surface area contributed by atoms with Crippen LogP contribution in [0, 0.1) is 0 Å². The second-order valence-corrected chi connectivity index (χ2v) is 6.23.